The number of nitrogens with zero attached hydrogens (tertiary/aromatic N) is 2. The van der Waals surface area contributed by atoms with Crippen LogP contribution in [0, 0.1) is 11.8 Å². The van der Waals surface area contributed by atoms with Gasteiger partial charge in [-0.1, -0.05) is 25.7 Å². The molecule has 1 N–H and O–H groups in total. The molecule has 33 heavy (non-hydrogen) atoms. The molecule has 6 atom stereocenters. The molecule has 1 spiro atoms. The van der Waals surface area contributed by atoms with Gasteiger partial charge in [-0.15, -0.1) is 18.3 Å². The monoisotopic (exact) mass is 478 g/mol. The largest absolute Gasteiger partial charge is 0.461 e. The fourth-order valence-electron chi connectivity index (χ4n) is 6.01. The SMILES string of the molecule is C=CCOC(=O)[C@@H]1[C@H]2C(=O)N([C@@H](CC)CO)C(C(=O)N(CC=C)C(C)(C)C)C23CC[C@@]1(C)S3. The average Bonchev–Trinajstić information content (AvgIpc) is 3.31. The second kappa shape index (κ2) is 9.10. The summed E-state index contributed by atoms with van der Waals surface area (Å²) in [7, 11) is 0. The molecule has 8 heteroatoms. The van der Waals surface area contributed by atoms with Crippen LogP contribution in [-0.4, -0.2) is 79.6 Å². The van der Waals surface area contributed by atoms with Crippen LogP contribution in [0.3, 0.4) is 0 Å². The Labute approximate surface area is 201 Å². The molecule has 7 nitrogen and oxygen atoms in total. The molecular weight excluding hydrogens is 440 g/mol. The van der Waals surface area contributed by atoms with Crippen LogP contribution in [-0.2, 0) is 19.1 Å². The molecule has 184 valence electrons. The number of hydrogen-bond donors (Lipinski definition) is 1. The molecule has 0 aliphatic carbocycles. The van der Waals surface area contributed by atoms with Gasteiger partial charge >= 0.3 is 5.97 Å². The number of fused-ring (bicyclic) bond motifs is 1. The summed E-state index contributed by atoms with van der Waals surface area (Å²) in [5, 5.41) is 10.1. The van der Waals surface area contributed by atoms with E-state index in [1.807, 2.05) is 34.6 Å². The number of hydrogen-bond acceptors (Lipinski definition) is 6. The van der Waals surface area contributed by atoms with E-state index in [-0.39, 0.29) is 25.0 Å². The molecule has 2 bridgehead atoms. The average molecular weight is 479 g/mol. The van der Waals surface area contributed by atoms with Crippen LogP contribution in [0.5, 0.6) is 0 Å². The summed E-state index contributed by atoms with van der Waals surface area (Å²) >= 11 is 1.61. The van der Waals surface area contributed by atoms with Gasteiger partial charge in [-0.25, -0.2) is 0 Å². The van der Waals surface area contributed by atoms with Crippen LogP contribution in [0.25, 0.3) is 0 Å². The topological polar surface area (TPSA) is 87.1 Å². The predicted molar refractivity (Wildman–Crippen MR) is 130 cm³/mol. The third-order valence-corrected chi connectivity index (χ3v) is 9.49. The van der Waals surface area contributed by atoms with Crippen LogP contribution >= 0.6 is 11.8 Å². The molecule has 2 unspecified atom stereocenters. The maximum Gasteiger partial charge on any atom is 0.311 e. The third-order valence-electron chi connectivity index (χ3n) is 7.51. The van der Waals surface area contributed by atoms with Crippen molar-refractivity contribution in [1.82, 2.24) is 9.80 Å². The van der Waals surface area contributed by atoms with Crippen LogP contribution < -0.4 is 0 Å². The second-order valence-corrected chi connectivity index (χ2v) is 12.4. The number of ether oxygens (including phenoxy) is 1. The van der Waals surface area contributed by atoms with E-state index in [2.05, 4.69) is 13.2 Å². The van der Waals surface area contributed by atoms with Crippen molar-refractivity contribution >= 4 is 29.5 Å². The van der Waals surface area contributed by atoms with Crippen molar-refractivity contribution in [3.63, 3.8) is 0 Å². The smallest absolute Gasteiger partial charge is 0.311 e. The molecule has 3 heterocycles. The Morgan fingerprint density at radius 1 is 1.33 bits per heavy atom. The standard InChI is InChI=1S/C25H38N2O5S/c1-8-13-26(23(4,5)6)21(30)19-25-12-11-24(7,33-25)18(22(31)32-14-9-2)17(25)20(29)27(19)16(10-3)15-28/h8-9,16-19,28H,1-2,10-15H2,3-7H3/t16-,17-,18-,19?,24+,25?/m0/s1. The minimum atomic E-state index is -0.754. The molecule has 3 aliphatic rings. The number of aliphatic hydroxyl groups is 1. The number of rotatable bonds is 9. The maximum atomic E-state index is 14.2. The summed E-state index contributed by atoms with van der Waals surface area (Å²) in [5.74, 6) is -2.07. The summed E-state index contributed by atoms with van der Waals surface area (Å²) in [6.45, 7) is 17.4. The fourth-order valence-corrected chi connectivity index (χ4v) is 8.34. The van der Waals surface area contributed by atoms with Gasteiger partial charge in [-0.05, 0) is 47.0 Å². The van der Waals surface area contributed by atoms with E-state index in [1.165, 1.54) is 6.08 Å². The Hall–Kier alpha value is -1.80. The first-order valence-electron chi connectivity index (χ1n) is 11.8. The first-order chi connectivity index (χ1) is 15.4. The van der Waals surface area contributed by atoms with Crippen molar-refractivity contribution in [2.45, 2.75) is 81.0 Å². The van der Waals surface area contributed by atoms with Gasteiger partial charge in [0.2, 0.25) is 11.8 Å². The van der Waals surface area contributed by atoms with Crippen molar-refractivity contribution in [2.24, 2.45) is 11.8 Å². The highest BCUT2D eigenvalue weighted by molar-refractivity contribution is 8.02. The van der Waals surface area contributed by atoms with Crippen LogP contribution in [0.2, 0.25) is 0 Å². The minimum Gasteiger partial charge on any atom is -0.461 e. The predicted octanol–water partition coefficient (Wildman–Crippen LogP) is 2.78. The van der Waals surface area contributed by atoms with E-state index in [4.69, 9.17) is 4.74 Å². The molecule has 0 aromatic heterocycles. The summed E-state index contributed by atoms with van der Waals surface area (Å²) in [5.41, 5.74) is -0.483. The lowest BCUT2D eigenvalue weighted by Crippen LogP contribution is -2.60. The zero-order valence-corrected chi connectivity index (χ0v) is 21.3. The zero-order chi connectivity index (χ0) is 24.8. The van der Waals surface area contributed by atoms with E-state index in [0.717, 1.165) is 6.42 Å². The van der Waals surface area contributed by atoms with Gasteiger partial charge in [-0.2, -0.15) is 0 Å². The summed E-state index contributed by atoms with van der Waals surface area (Å²) in [6.07, 6.45) is 5.11. The first-order valence-corrected chi connectivity index (χ1v) is 12.6. The van der Waals surface area contributed by atoms with Gasteiger partial charge in [-0.3, -0.25) is 14.4 Å². The normalized spacial score (nSPS) is 33.6. The lowest BCUT2D eigenvalue weighted by atomic mass is 9.66. The van der Waals surface area contributed by atoms with Crippen molar-refractivity contribution in [1.29, 1.82) is 0 Å². The van der Waals surface area contributed by atoms with Crippen molar-refractivity contribution < 1.29 is 24.2 Å². The fraction of sp³-hybridized carbons (Fsp3) is 0.720. The molecule has 3 aliphatic heterocycles. The van der Waals surface area contributed by atoms with Gasteiger partial charge in [0, 0.05) is 16.8 Å². The molecule has 3 fully saturated rings. The zero-order valence-electron chi connectivity index (χ0n) is 20.5. The highest BCUT2D eigenvalue weighted by atomic mass is 32.2. The summed E-state index contributed by atoms with van der Waals surface area (Å²) < 4.78 is 4.23. The van der Waals surface area contributed by atoms with E-state index in [9.17, 15) is 19.5 Å². The molecule has 2 amide bonds. The van der Waals surface area contributed by atoms with Crippen LogP contribution in [0.1, 0.15) is 53.9 Å². The molecule has 3 saturated heterocycles. The number of esters is 1. The van der Waals surface area contributed by atoms with Crippen molar-refractivity contribution in [2.75, 3.05) is 19.8 Å². The molecule has 0 aromatic carbocycles. The van der Waals surface area contributed by atoms with Crippen molar-refractivity contribution in [3.8, 4) is 0 Å². The quantitative estimate of drug-likeness (QED) is 0.405. The first kappa shape index (κ1) is 25.8. The second-order valence-electron chi connectivity index (χ2n) is 10.5. The number of aliphatic hydroxyl groups excluding tert-OH is 1. The number of likely N-dealkylation sites (tertiary alicyclic amines) is 1. The Balaban J connectivity index is 2.14. The Morgan fingerprint density at radius 3 is 2.52 bits per heavy atom. The van der Waals surface area contributed by atoms with Gasteiger partial charge < -0.3 is 19.6 Å². The van der Waals surface area contributed by atoms with Crippen LogP contribution in [0.15, 0.2) is 25.3 Å². The Bertz CT molecular complexity index is 835. The minimum absolute atomic E-state index is 0.0847. The molecule has 0 radical (unpaired) electrons. The lowest BCUT2D eigenvalue weighted by Gasteiger charge is -2.43. The van der Waals surface area contributed by atoms with Gasteiger partial charge in [0.05, 0.1) is 29.2 Å². The van der Waals surface area contributed by atoms with E-state index >= 15 is 0 Å². The maximum absolute atomic E-state index is 14.2. The Kier molecular flexibility index (Phi) is 7.12. The Morgan fingerprint density at radius 2 is 2.00 bits per heavy atom. The molecule has 0 saturated carbocycles. The molecular formula is C25H38N2O5S. The third kappa shape index (κ3) is 3.93. The highest BCUT2D eigenvalue weighted by Gasteiger charge is 2.78. The van der Waals surface area contributed by atoms with Gasteiger partial charge in [0.15, 0.2) is 0 Å². The number of carbonyl (C=O) groups is 3. The van der Waals surface area contributed by atoms with E-state index in [1.54, 1.807) is 27.6 Å². The number of thioether (sulfide) groups is 1. The lowest BCUT2D eigenvalue weighted by molar-refractivity contribution is -0.155. The van der Waals surface area contributed by atoms with E-state index in [0.29, 0.717) is 19.4 Å². The molecule has 3 rings (SSSR count). The van der Waals surface area contributed by atoms with E-state index < -0.39 is 44.9 Å². The highest BCUT2D eigenvalue weighted by Crippen LogP contribution is 2.71. The van der Waals surface area contributed by atoms with Crippen LogP contribution in [0.4, 0.5) is 0 Å². The van der Waals surface area contributed by atoms with Crippen molar-refractivity contribution in [3.05, 3.63) is 25.3 Å². The summed E-state index contributed by atoms with van der Waals surface area (Å²) in [4.78, 5) is 44.7. The number of carbonyl (C=O) groups excluding carboxylic acids is 3. The van der Waals surface area contributed by atoms with Gasteiger partial charge in [0.1, 0.15) is 12.6 Å². The molecule has 0 aromatic rings. The summed E-state index contributed by atoms with van der Waals surface area (Å²) in [6, 6.07) is -1.25. The van der Waals surface area contributed by atoms with Gasteiger partial charge in [0.25, 0.3) is 0 Å². The number of amides is 2.